The summed E-state index contributed by atoms with van der Waals surface area (Å²) in [5.41, 5.74) is 2.04. The first kappa shape index (κ1) is 9.03. The Morgan fingerprint density at radius 1 is 1.31 bits per heavy atom. The van der Waals surface area contributed by atoms with Crippen LogP contribution in [-0.2, 0) is 4.79 Å². The van der Waals surface area contributed by atoms with E-state index < -0.39 is 5.91 Å². The Morgan fingerprint density at radius 3 is 3.00 bits per heavy atom. The number of pyridine rings is 1. The van der Waals surface area contributed by atoms with Gasteiger partial charge in [-0.2, -0.15) is 0 Å². The Bertz CT molecular complexity index is 634. The van der Waals surface area contributed by atoms with E-state index in [1.807, 2.05) is 6.07 Å². The highest BCUT2D eigenvalue weighted by Crippen LogP contribution is 2.36. The topological polar surface area (TPSA) is 42.0 Å². The third kappa shape index (κ3) is 1.07. The quantitative estimate of drug-likeness (QED) is 0.684. The highest BCUT2D eigenvalue weighted by atomic mass is 19.1. The third-order valence-electron chi connectivity index (χ3n) is 2.66. The fourth-order valence-electron chi connectivity index (χ4n) is 1.95. The molecule has 2 aromatic rings. The van der Waals surface area contributed by atoms with Crippen LogP contribution in [0.1, 0.15) is 5.56 Å². The van der Waals surface area contributed by atoms with Crippen LogP contribution in [0, 0.1) is 0 Å². The van der Waals surface area contributed by atoms with E-state index in [0.717, 1.165) is 10.9 Å². The predicted octanol–water partition coefficient (Wildman–Crippen LogP) is 2.50. The Morgan fingerprint density at radius 2 is 2.19 bits per heavy atom. The molecule has 0 aliphatic carbocycles. The number of halogens is 1. The van der Waals surface area contributed by atoms with Crippen LogP contribution in [0.4, 0.5) is 10.1 Å². The highest BCUT2D eigenvalue weighted by Gasteiger charge is 2.26. The molecule has 0 fully saturated rings. The summed E-state index contributed by atoms with van der Waals surface area (Å²) in [7, 11) is 0. The van der Waals surface area contributed by atoms with Crippen molar-refractivity contribution >= 4 is 28.1 Å². The number of hydrogen-bond acceptors (Lipinski definition) is 2. The molecule has 1 amide bonds. The van der Waals surface area contributed by atoms with E-state index >= 15 is 0 Å². The summed E-state index contributed by atoms with van der Waals surface area (Å²) in [5, 5.41) is 3.40. The molecule has 1 aromatic heterocycles. The number of aromatic nitrogens is 1. The second kappa shape index (κ2) is 3.13. The number of nitrogens with one attached hydrogen (secondary N) is 1. The molecular formula is C12H7FN2O. The Labute approximate surface area is 90.6 Å². The maximum Gasteiger partial charge on any atom is 0.258 e. The summed E-state index contributed by atoms with van der Waals surface area (Å²) in [6.45, 7) is 0. The van der Waals surface area contributed by atoms with Crippen molar-refractivity contribution in [2.24, 2.45) is 0 Å². The lowest BCUT2D eigenvalue weighted by molar-refractivity contribution is -0.110. The van der Waals surface area contributed by atoms with Gasteiger partial charge in [-0.25, -0.2) is 4.39 Å². The molecule has 3 rings (SSSR count). The number of rotatable bonds is 0. The van der Waals surface area contributed by atoms with Crippen molar-refractivity contribution in [1.29, 1.82) is 0 Å². The van der Waals surface area contributed by atoms with Gasteiger partial charge in [0.15, 0.2) is 0 Å². The van der Waals surface area contributed by atoms with Crippen LogP contribution >= 0.6 is 0 Å². The molecular weight excluding hydrogens is 207 g/mol. The molecule has 0 spiro atoms. The average molecular weight is 214 g/mol. The van der Waals surface area contributed by atoms with Crippen molar-refractivity contribution in [3.63, 3.8) is 0 Å². The number of carbonyl (C=O) groups excluding carboxylic acids is 1. The van der Waals surface area contributed by atoms with Crippen molar-refractivity contribution in [1.82, 2.24) is 4.98 Å². The fourth-order valence-corrected chi connectivity index (χ4v) is 1.95. The van der Waals surface area contributed by atoms with E-state index in [9.17, 15) is 9.18 Å². The van der Waals surface area contributed by atoms with Crippen molar-refractivity contribution < 1.29 is 9.18 Å². The number of anilines is 1. The number of benzene rings is 1. The summed E-state index contributed by atoms with van der Waals surface area (Å²) in [6.07, 6.45) is 2.01. The SMILES string of the molecule is O=C1Nc2ccc3ncccc3c2/C1=C/F. The van der Waals surface area contributed by atoms with Crippen molar-refractivity contribution in [3.05, 3.63) is 42.4 Å². The maximum absolute atomic E-state index is 12.7. The van der Waals surface area contributed by atoms with E-state index in [4.69, 9.17) is 0 Å². The first-order chi connectivity index (χ1) is 7.81. The second-order valence-electron chi connectivity index (χ2n) is 3.54. The molecule has 78 valence electrons. The van der Waals surface area contributed by atoms with Crippen LogP contribution < -0.4 is 5.32 Å². The molecule has 1 N–H and O–H groups in total. The first-order valence-electron chi connectivity index (χ1n) is 4.81. The lowest BCUT2D eigenvalue weighted by atomic mass is 10.0. The number of hydrogen-bond donors (Lipinski definition) is 1. The standard InChI is InChI=1S/C12H7FN2O/c13-6-8-11-7-2-1-5-14-9(7)3-4-10(11)15-12(8)16/h1-6H,(H,15,16)/b8-6-. The van der Waals surface area contributed by atoms with Crippen molar-refractivity contribution in [2.75, 3.05) is 5.32 Å². The molecule has 0 bridgehead atoms. The first-order valence-corrected chi connectivity index (χ1v) is 4.81. The smallest absolute Gasteiger partial charge is 0.258 e. The van der Waals surface area contributed by atoms with E-state index in [1.54, 1.807) is 24.4 Å². The molecule has 16 heavy (non-hydrogen) atoms. The predicted molar refractivity (Wildman–Crippen MR) is 59.5 cm³/mol. The monoisotopic (exact) mass is 214 g/mol. The van der Waals surface area contributed by atoms with E-state index in [0.29, 0.717) is 17.6 Å². The van der Waals surface area contributed by atoms with Crippen molar-refractivity contribution in [2.45, 2.75) is 0 Å². The third-order valence-corrected chi connectivity index (χ3v) is 2.66. The lowest BCUT2D eigenvalue weighted by Gasteiger charge is -2.02. The van der Waals surface area contributed by atoms with Gasteiger partial charge in [-0.1, -0.05) is 6.07 Å². The lowest BCUT2D eigenvalue weighted by Crippen LogP contribution is -2.02. The fraction of sp³-hybridized carbons (Fsp3) is 0. The molecule has 0 unspecified atom stereocenters. The Kier molecular flexibility index (Phi) is 1.77. The molecule has 1 aliphatic heterocycles. The van der Waals surface area contributed by atoms with E-state index in [1.165, 1.54) is 0 Å². The molecule has 2 heterocycles. The molecule has 1 aromatic carbocycles. The van der Waals surface area contributed by atoms with Gasteiger partial charge >= 0.3 is 0 Å². The summed E-state index contributed by atoms with van der Waals surface area (Å²) in [5.74, 6) is -0.408. The number of amides is 1. The molecule has 0 saturated carbocycles. The summed E-state index contributed by atoms with van der Waals surface area (Å²) in [4.78, 5) is 15.6. The van der Waals surface area contributed by atoms with Gasteiger partial charge in [0.2, 0.25) is 0 Å². The normalized spacial score (nSPS) is 16.6. The summed E-state index contributed by atoms with van der Waals surface area (Å²) in [6, 6.07) is 7.13. The zero-order valence-electron chi connectivity index (χ0n) is 8.20. The molecule has 1 aliphatic rings. The summed E-state index contributed by atoms with van der Waals surface area (Å²) >= 11 is 0. The van der Waals surface area contributed by atoms with Gasteiger partial charge in [0, 0.05) is 22.8 Å². The molecule has 3 nitrogen and oxygen atoms in total. The van der Waals surface area contributed by atoms with Gasteiger partial charge in [0.1, 0.15) is 6.33 Å². The maximum atomic E-state index is 12.7. The largest absolute Gasteiger partial charge is 0.321 e. The van der Waals surface area contributed by atoms with Gasteiger partial charge in [-0.15, -0.1) is 0 Å². The Hall–Kier alpha value is -2.23. The van der Waals surface area contributed by atoms with E-state index in [2.05, 4.69) is 10.3 Å². The van der Waals surface area contributed by atoms with Gasteiger partial charge in [-0.05, 0) is 18.2 Å². The van der Waals surface area contributed by atoms with Gasteiger partial charge in [0.05, 0.1) is 11.1 Å². The van der Waals surface area contributed by atoms with Crippen molar-refractivity contribution in [3.8, 4) is 0 Å². The number of carbonyl (C=O) groups is 1. The minimum Gasteiger partial charge on any atom is -0.321 e. The van der Waals surface area contributed by atoms with E-state index in [-0.39, 0.29) is 5.57 Å². The average Bonchev–Trinajstić information content (AvgIpc) is 2.65. The Balaban J connectivity index is 2.44. The minimum atomic E-state index is -0.408. The van der Waals surface area contributed by atoms with Crippen LogP contribution in [0.25, 0.3) is 16.5 Å². The molecule has 0 radical (unpaired) electrons. The van der Waals surface area contributed by atoms with Gasteiger partial charge in [0.25, 0.3) is 5.91 Å². The molecule has 0 atom stereocenters. The van der Waals surface area contributed by atoms with Crippen LogP contribution in [0.5, 0.6) is 0 Å². The minimum absolute atomic E-state index is 0.0635. The zero-order valence-corrected chi connectivity index (χ0v) is 8.20. The number of fused-ring (bicyclic) bond motifs is 3. The zero-order chi connectivity index (χ0) is 11.1. The van der Waals surface area contributed by atoms with Crippen LogP contribution in [0.2, 0.25) is 0 Å². The van der Waals surface area contributed by atoms with Crippen LogP contribution in [0.3, 0.4) is 0 Å². The highest BCUT2D eigenvalue weighted by molar-refractivity contribution is 6.34. The molecule has 0 saturated heterocycles. The molecule has 4 heteroatoms. The second-order valence-corrected chi connectivity index (χ2v) is 3.54. The van der Waals surface area contributed by atoms with Gasteiger partial charge < -0.3 is 5.32 Å². The van der Waals surface area contributed by atoms with Gasteiger partial charge in [-0.3, -0.25) is 9.78 Å². The van der Waals surface area contributed by atoms with Crippen LogP contribution in [0.15, 0.2) is 36.8 Å². The number of nitrogens with zero attached hydrogens (tertiary/aromatic N) is 1. The van der Waals surface area contributed by atoms with Crippen LogP contribution in [-0.4, -0.2) is 10.9 Å². The summed E-state index contributed by atoms with van der Waals surface area (Å²) < 4.78 is 12.7.